The van der Waals surface area contributed by atoms with Crippen LogP contribution >= 0.6 is 11.3 Å². The van der Waals surface area contributed by atoms with E-state index >= 15 is 0 Å². The molecule has 0 unspecified atom stereocenters. The van der Waals surface area contributed by atoms with Gasteiger partial charge in [0.05, 0.1) is 11.0 Å². The number of thiophene rings is 1. The third-order valence-corrected chi connectivity index (χ3v) is 12.2. The lowest BCUT2D eigenvalue weighted by atomic mass is 9.80. The van der Waals surface area contributed by atoms with Crippen LogP contribution in [-0.4, -0.2) is 19.5 Å². The number of benzene rings is 7. The van der Waals surface area contributed by atoms with Gasteiger partial charge in [-0.25, -0.2) is 15.0 Å². The summed E-state index contributed by atoms with van der Waals surface area (Å²) in [5.74, 6) is 2.03. The summed E-state index contributed by atoms with van der Waals surface area (Å²) in [6.07, 6.45) is 0. The summed E-state index contributed by atoms with van der Waals surface area (Å²) in [6, 6.07) is 56.3. The van der Waals surface area contributed by atoms with Crippen molar-refractivity contribution in [2.45, 2.75) is 19.3 Å². The first kappa shape index (κ1) is 30.2. The molecule has 0 bridgehead atoms. The van der Waals surface area contributed by atoms with Crippen LogP contribution in [0.1, 0.15) is 25.0 Å². The number of fused-ring (bicyclic) bond motifs is 9. The van der Waals surface area contributed by atoms with Crippen molar-refractivity contribution in [3.8, 4) is 51.0 Å². The average molecular weight is 697 g/mol. The Kier molecular flexibility index (Phi) is 6.43. The topological polar surface area (TPSA) is 43.6 Å². The molecule has 1 aliphatic rings. The van der Waals surface area contributed by atoms with Gasteiger partial charge in [-0.05, 0) is 58.7 Å². The van der Waals surface area contributed by atoms with E-state index in [1.54, 1.807) is 0 Å². The monoisotopic (exact) mass is 696 g/mol. The van der Waals surface area contributed by atoms with Gasteiger partial charge in [-0.3, -0.25) is 0 Å². The molecule has 0 spiro atoms. The Balaban J connectivity index is 1.16. The number of hydrogen-bond acceptors (Lipinski definition) is 4. The van der Waals surface area contributed by atoms with Gasteiger partial charge in [-0.1, -0.05) is 135 Å². The van der Waals surface area contributed by atoms with Crippen molar-refractivity contribution in [3.05, 3.63) is 169 Å². The zero-order valence-electron chi connectivity index (χ0n) is 29.2. The second-order valence-corrected chi connectivity index (χ2v) is 15.5. The molecule has 10 aromatic rings. The first-order valence-corrected chi connectivity index (χ1v) is 18.9. The lowest BCUT2D eigenvalue weighted by Crippen LogP contribution is -2.17. The van der Waals surface area contributed by atoms with Crippen molar-refractivity contribution in [1.29, 1.82) is 0 Å². The fraction of sp³-hybridized carbons (Fsp3) is 0.0625. The highest BCUT2D eigenvalue weighted by atomic mass is 32.1. The Hall–Kier alpha value is -6.43. The summed E-state index contributed by atoms with van der Waals surface area (Å²) in [5, 5.41) is 4.87. The zero-order chi connectivity index (χ0) is 35.3. The number of rotatable bonds is 4. The molecule has 0 amide bonds. The highest BCUT2D eigenvalue weighted by Gasteiger charge is 2.38. The molecule has 0 fully saturated rings. The van der Waals surface area contributed by atoms with E-state index in [4.69, 9.17) is 15.0 Å². The molecule has 5 heteroatoms. The molecule has 0 aliphatic heterocycles. The average Bonchev–Trinajstić information content (AvgIpc) is 3.83. The van der Waals surface area contributed by atoms with Gasteiger partial charge in [0, 0.05) is 58.7 Å². The van der Waals surface area contributed by atoms with Gasteiger partial charge >= 0.3 is 0 Å². The molecule has 53 heavy (non-hydrogen) atoms. The van der Waals surface area contributed by atoms with E-state index in [1.807, 2.05) is 29.5 Å². The van der Waals surface area contributed by atoms with E-state index in [9.17, 15) is 0 Å². The summed E-state index contributed by atoms with van der Waals surface area (Å²) in [6.45, 7) is 4.63. The lowest BCUT2D eigenvalue weighted by Gasteiger charge is -2.24. The summed E-state index contributed by atoms with van der Waals surface area (Å²) in [5.41, 5.74) is 11.4. The maximum atomic E-state index is 5.37. The fourth-order valence-corrected chi connectivity index (χ4v) is 9.82. The van der Waals surface area contributed by atoms with Crippen LogP contribution in [0.2, 0.25) is 0 Å². The van der Waals surface area contributed by atoms with Crippen LogP contribution in [0, 0.1) is 0 Å². The van der Waals surface area contributed by atoms with E-state index in [1.165, 1.54) is 58.8 Å². The van der Waals surface area contributed by atoms with Crippen LogP contribution < -0.4 is 0 Å². The molecule has 0 radical (unpaired) electrons. The molecular weight excluding hydrogens is 665 g/mol. The predicted molar refractivity (Wildman–Crippen MR) is 221 cm³/mol. The third kappa shape index (κ3) is 4.44. The Morgan fingerprint density at radius 3 is 1.87 bits per heavy atom. The minimum Gasteiger partial charge on any atom is -0.309 e. The minimum atomic E-state index is -0.213. The van der Waals surface area contributed by atoms with Gasteiger partial charge in [0.15, 0.2) is 17.5 Å². The quantitative estimate of drug-likeness (QED) is 0.184. The van der Waals surface area contributed by atoms with Crippen molar-refractivity contribution >= 4 is 53.3 Å². The van der Waals surface area contributed by atoms with Gasteiger partial charge in [-0.15, -0.1) is 11.3 Å². The first-order valence-electron chi connectivity index (χ1n) is 18.0. The Labute approximate surface area is 310 Å². The van der Waals surface area contributed by atoms with Crippen molar-refractivity contribution in [1.82, 2.24) is 19.5 Å². The van der Waals surface area contributed by atoms with Gasteiger partial charge < -0.3 is 4.57 Å². The molecule has 11 rings (SSSR count). The summed E-state index contributed by atoms with van der Waals surface area (Å²) < 4.78 is 4.83. The first-order chi connectivity index (χ1) is 26.0. The molecule has 3 aromatic heterocycles. The van der Waals surface area contributed by atoms with Crippen LogP contribution in [0.25, 0.3) is 93.0 Å². The van der Waals surface area contributed by atoms with Crippen LogP contribution in [0.5, 0.6) is 0 Å². The smallest absolute Gasteiger partial charge is 0.164 e. The van der Waals surface area contributed by atoms with Crippen molar-refractivity contribution in [2.75, 3.05) is 0 Å². The minimum absolute atomic E-state index is 0.213. The largest absolute Gasteiger partial charge is 0.309 e. The molecule has 1 aliphatic carbocycles. The molecule has 7 aromatic carbocycles. The number of aromatic nitrogens is 4. The lowest BCUT2D eigenvalue weighted by molar-refractivity contribution is 0.661. The highest BCUT2D eigenvalue weighted by Crippen LogP contribution is 2.52. The molecule has 0 saturated heterocycles. The fourth-order valence-electron chi connectivity index (χ4n) is 8.71. The second kappa shape index (κ2) is 11.3. The van der Waals surface area contributed by atoms with Gasteiger partial charge in [0.1, 0.15) is 0 Å². The van der Waals surface area contributed by atoms with Crippen molar-refractivity contribution in [2.24, 2.45) is 0 Å². The second-order valence-electron chi connectivity index (χ2n) is 14.4. The Bertz CT molecular complexity index is 3040. The summed E-state index contributed by atoms with van der Waals surface area (Å²) >= 11 is 1.81. The molecule has 0 N–H and O–H groups in total. The molecule has 4 nitrogen and oxygen atoms in total. The highest BCUT2D eigenvalue weighted by molar-refractivity contribution is 7.26. The Morgan fingerprint density at radius 2 is 1.08 bits per heavy atom. The van der Waals surface area contributed by atoms with Crippen LogP contribution in [0.3, 0.4) is 0 Å². The molecule has 0 atom stereocenters. The Morgan fingerprint density at radius 1 is 0.472 bits per heavy atom. The van der Waals surface area contributed by atoms with Crippen LogP contribution in [0.4, 0.5) is 0 Å². The van der Waals surface area contributed by atoms with Gasteiger partial charge in [-0.2, -0.15) is 0 Å². The van der Waals surface area contributed by atoms with Crippen molar-refractivity contribution in [3.63, 3.8) is 0 Å². The molecule has 0 saturated carbocycles. The van der Waals surface area contributed by atoms with E-state index < -0.39 is 0 Å². The number of nitrogens with zero attached hydrogens (tertiary/aromatic N) is 4. The molecule has 250 valence electrons. The van der Waals surface area contributed by atoms with E-state index in [0.717, 1.165) is 27.8 Å². The van der Waals surface area contributed by atoms with E-state index in [2.05, 4.69) is 158 Å². The van der Waals surface area contributed by atoms with E-state index in [-0.39, 0.29) is 5.41 Å². The number of para-hydroxylation sites is 2. The maximum absolute atomic E-state index is 5.37. The molecule has 3 heterocycles. The maximum Gasteiger partial charge on any atom is 0.164 e. The molecular formula is C48H32N4S. The summed E-state index contributed by atoms with van der Waals surface area (Å²) in [4.78, 5) is 15.8. The van der Waals surface area contributed by atoms with Crippen LogP contribution in [-0.2, 0) is 5.41 Å². The standard InChI is InChI=1S/C48H32N4S/c1-48(2)38-22-9-6-16-31(38)34-19-12-21-36(44(34)48)47-50-45(29-14-4-3-5-15-29)49-46(51-47)35-20-13-25-42-43(35)37-28-30(26-27-41(37)53-42)52-39-23-10-7-17-32(39)33-18-8-11-24-40(33)52/h3-28H,1-2H3. The van der Waals surface area contributed by atoms with E-state index in [0.29, 0.717) is 17.5 Å². The van der Waals surface area contributed by atoms with Gasteiger partial charge in [0.25, 0.3) is 0 Å². The summed E-state index contributed by atoms with van der Waals surface area (Å²) in [7, 11) is 0. The number of hydrogen-bond donors (Lipinski definition) is 0. The van der Waals surface area contributed by atoms with Gasteiger partial charge in [0.2, 0.25) is 0 Å². The SMILES string of the molecule is CC1(C)c2ccccc2-c2cccc(-c3nc(-c4ccccc4)nc(-c4cccc5sc6ccc(-n7c8ccccc8c8ccccc87)cc6c45)n3)c21. The third-order valence-electron chi connectivity index (χ3n) is 11.0. The normalized spacial score (nSPS) is 13.2. The predicted octanol–water partition coefficient (Wildman–Crippen LogP) is 12.6. The van der Waals surface area contributed by atoms with Crippen LogP contribution in [0.15, 0.2) is 158 Å². The zero-order valence-corrected chi connectivity index (χ0v) is 30.0. The van der Waals surface area contributed by atoms with Crippen molar-refractivity contribution < 1.29 is 0 Å².